The largest absolute Gasteiger partial charge is 0.241 e. The standard InChI is InChI=1S/C21H21NP/c1-22(2)17-18-11-9-10-16-21(18)23(19-12-5-3-6-13-19)20-14-7-4-8-15-20/h3-17H,1-2H3/q+1. The molecule has 0 heterocycles. The van der Waals surface area contributed by atoms with E-state index in [4.69, 9.17) is 0 Å². The fourth-order valence-corrected chi connectivity index (χ4v) is 5.08. The Kier molecular flexibility index (Phi) is 5.00. The Hall–Kier alpha value is -2.24. The van der Waals surface area contributed by atoms with Gasteiger partial charge >= 0.3 is 0 Å². The van der Waals surface area contributed by atoms with Crippen molar-refractivity contribution in [2.75, 3.05) is 14.1 Å². The second-order valence-corrected chi connectivity index (χ2v) is 7.84. The molecule has 114 valence electrons. The molecule has 0 bridgehead atoms. The van der Waals surface area contributed by atoms with Gasteiger partial charge in [-0.15, -0.1) is 0 Å². The first-order valence-electron chi connectivity index (χ1n) is 7.76. The quantitative estimate of drug-likeness (QED) is 0.395. The first kappa shape index (κ1) is 15.6. The molecule has 0 amide bonds. The summed E-state index contributed by atoms with van der Waals surface area (Å²) >= 11 is 0. The summed E-state index contributed by atoms with van der Waals surface area (Å²) in [6.45, 7) is 0. The number of benzene rings is 3. The van der Waals surface area contributed by atoms with Gasteiger partial charge in [0.25, 0.3) is 0 Å². The summed E-state index contributed by atoms with van der Waals surface area (Å²) in [4.78, 5) is 0. The fourth-order valence-electron chi connectivity index (χ4n) is 2.66. The lowest BCUT2D eigenvalue weighted by molar-refractivity contribution is -0.458. The second kappa shape index (κ2) is 7.35. The molecule has 3 aromatic rings. The van der Waals surface area contributed by atoms with E-state index in [0.717, 1.165) is 0 Å². The summed E-state index contributed by atoms with van der Waals surface area (Å²) in [7, 11) is 3.59. The molecule has 1 nitrogen and oxygen atoms in total. The maximum absolute atomic E-state index is 2.26. The van der Waals surface area contributed by atoms with Gasteiger partial charge < -0.3 is 0 Å². The van der Waals surface area contributed by atoms with Crippen molar-refractivity contribution in [3.63, 3.8) is 0 Å². The van der Waals surface area contributed by atoms with Crippen LogP contribution in [0.2, 0.25) is 0 Å². The molecule has 0 unspecified atom stereocenters. The topological polar surface area (TPSA) is 3.01 Å². The third-order valence-corrected chi connectivity index (χ3v) is 6.12. The predicted molar refractivity (Wildman–Crippen MR) is 102 cm³/mol. The third kappa shape index (κ3) is 3.75. The average Bonchev–Trinajstić information content (AvgIpc) is 2.58. The summed E-state index contributed by atoms with van der Waals surface area (Å²) in [6.07, 6.45) is 2.20. The van der Waals surface area contributed by atoms with Crippen molar-refractivity contribution in [1.82, 2.24) is 0 Å². The van der Waals surface area contributed by atoms with Crippen LogP contribution in [0, 0.1) is 0 Å². The Morgan fingerprint density at radius 2 is 1.13 bits per heavy atom. The van der Waals surface area contributed by atoms with Gasteiger partial charge in [0.05, 0.1) is 0 Å². The highest BCUT2D eigenvalue weighted by Gasteiger charge is 2.19. The Labute approximate surface area is 139 Å². The molecule has 0 aromatic heterocycles. The number of rotatable bonds is 4. The second-order valence-electron chi connectivity index (χ2n) is 5.66. The zero-order valence-electron chi connectivity index (χ0n) is 13.6. The number of nitrogens with zero attached hydrogens (tertiary/aromatic N) is 1. The molecule has 0 N–H and O–H groups in total. The highest BCUT2D eigenvalue weighted by Crippen LogP contribution is 2.33. The molecule has 0 saturated carbocycles. The van der Waals surface area contributed by atoms with Crippen LogP contribution in [-0.4, -0.2) is 24.9 Å². The molecule has 0 fully saturated rings. The molecule has 23 heavy (non-hydrogen) atoms. The summed E-state index contributed by atoms with van der Waals surface area (Å²) in [5.74, 6) is 0. The maximum atomic E-state index is 2.26. The van der Waals surface area contributed by atoms with Gasteiger partial charge in [0, 0.05) is 5.56 Å². The van der Waals surface area contributed by atoms with Crippen LogP contribution < -0.4 is 15.9 Å². The Morgan fingerprint density at radius 3 is 1.65 bits per heavy atom. The zero-order chi connectivity index (χ0) is 16.1. The van der Waals surface area contributed by atoms with Gasteiger partial charge in [0.2, 0.25) is 0 Å². The van der Waals surface area contributed by atoms with Crippen LogP contribution in [-0.2, 0) is 0 Å². The Balaban J connectivity index is 2.20. The monoisotopic (exact) mass is 318 g/mol. The predicted octanol–water partition coefficient (Wildman–Crippen LogP) is 3.14. The lowest BCUT2D eigenvalue weighted by Crippen LogP contribution is -2.24. The van der Waals surface area contributed by atoms with E-state index in [-0.39, 0.29) is 0 Å². The Bertz CT molecular complexity index is 751. The molecule has 2 heteroatoms. The minimum absolute atomic E-state index is 0.555. The summed E-state index contributed by atoms with van der Waals surface area (Å²) < 4.78 is 2.11. The van der Waals surface area contributed by atoms with Gasteiger partial charge in [-0.2, -0.15) is 0 Å². The average molecular weight is 318 g/mol. The van der Waals surface area contributed by atoms with Crippen LogP contribution in [0.4, 0.5) is 0 Å². The summed E-state index contributed by atoms with van der Waals surface area (Å²) in [6, 6.07) is 30.4. The number of hydrogen-bond donors (Lipinski definition) is 0. The highest BCUT2D eigenvalue weighted by molar-refractivity contribution is 7.80. The van der Waals surface area contributed by atoms with Crippen LogP contribution in [0.25, 0.3) is 0 Å². The molecule has 3 aromatic carbocycles. The van der Waals surface area contributed by atoms with E-state index >= 15 is 0 Å². The lowest BCUT2D eigenvalue weighted by Gasteiger charge is -2.20. The molecule has 0 radical (unpaired) electrons. The molecular formula is C21H21NP+. The van der Waals surface area contributed by atoms with Gasteiger partial charge in [0.15, 0.2) is 6.21 Å². The summed E-state index contributed by atoms with van der Waals surface area (Å²) in [5, 5.41) is 4.16. The van der Waals surface area contributed by atoms with Crippen molar-refractivity contribution in [3.8, 4) is 0 Å². The van der Waals surface area contributed by atoms with E-state index in [1.807, 2.05) is 0 Å². The van der Waals surface area contributed by atoms with Crippen LogP contribution in [0.3, 0.4) is 0 Å². The van der Waals surface area contributed by atoms with Crippen LogP contribution in [0.5, 0.6) is 0 Å². The van der Waals surface area contributed by atoms with Gasteiger partial charge in [0.1, 0.15) is 14.1 Å². The maximum Gasteiger partial charge on any atom is 0.170 e. The molecule has 0 aliphatic carbocycles. The van der Waals surface area contributed by atoms with Crippen molar-refractivity contribution >= 4 is 30.0 Å². The Morgan fingerprint density at radius 1 is 0.652 bits per heavy atom. The molecule has 0 aliphatic rings. The minimum Gasteiger partial charge on any atom is -0.241 e. The molecule has 0 aliphatic heterocycles. The lowest BCUT2D eigenvalue weighted by atomic mass is 10.2. The molecular weight excluding hydrogens is 297 g/mol. The van der Waals surface area contributed by atoms with Crippen LogP contribution in [0.15, 0.2) is 84.9 Å². The van der Waals surface area contributed by atoms with E-state index in [9.17, 15) is 0 Å². The van der Waals surface area contributed by atoms with Gasteiger partial charge in [-0.05, 0) is 29.9 Å². The molecule has 0 spiro atoms. The van der Waals surface area contributed by atoms with E-state index < -0.39 is 7.92 Å². The van der Waals surface area contributed by atoms with E-state index in [2.05, 4.69) is 110 Å². The molecule has 0 saturated heterocycles. The normalized spacial score (nSPS) is 10.6. The zero-order valence-corrected chi connectivity index (χ0v) is 14.4. The van der Waals surface area contributed by atoms with Crippen LogP contribution in [0.1, 0.15) is 5.56 Å². The first-order chi connectivity index (χ1) is 11.3. The SMILES string of the molecule is C[N+](C)=Cc1ccccc1P(c1ccccc1)c1ccccc1. The van der Waals surface area contributed by atoms with Crippen molar-refractivity contribution in [2.24, 2.45) is 0 Å². The smallest absolute Gasteiger partial charge is 0.170 e. The minimum atomic E-state index is -0.555. The van der Waals surface area contributed by atoms with Gasteiger partial charge in [-0.25, -0.2) is 4.58 Å². The van der Waals surface area contributed by atoms with Crippen molar-refractivity contribution < 1.29 is 4.58 Å². The highest BCUT2D eigenvalue weighted by atomic mass is 31.1. The number of hydrogen-bond acceptors (Lipinski definition) is 0. The van der Waals surface area contributed by atoms with Gasteiger partial charge in [-0.3, -0.25) is 0 Å². The van der Waals surface area contributed by atoms with Crippen molar-refractivity contribution in [1.29, 1.82) is 0 Å². The summed E-state index contributed by atoms with van der Waals surface area (Å²) in [5.41, 5.74) is 1.29. The van der Waals surface area contributed by atoms with E-state index in [1.54, 1.807) is 0 Å². The van der Waals surface area contributed by atoms with Gasteiger partial charge in [-0.1, -0.05) is 78.9 Å². The van der Waals surface area contributed by atoms with Crippen LogP contribution >= 0.6 is 7.92 Å². The fraction of sp³-hybridized carbons (Fsp3) is 0.0952. The molecule has 3 rings (SSSR count). The third-order valence-electron chi connectivity index (χ3n) is 3.60. The van der Waals surface area contributed by atoms with Crippen molar-refractivity contribution in [2.45, 2.75) is 0 Å². The van der Waals surface area contributed by atoms with Crippen molar-refractivity contribution in [3.05, 3.63) is 90.5 Å². The molecule has 0 atom stereocenters. The first-order valence-corrected chi connectivity index (χ1v) is 9.10. The van der Waals surface area contributed by atoms with E-state index in [0.29, 0.717) is 0 Å². The van der Waals surface area contributed by atoms with E-state index in [1.165, 1.54) is 21.5 Å².